The molecular weight excluding hydrogens is 326 g/mol. The molecule has 0 aliphatic rings. The first-order valence-corrected chi connectivity index (χ1v) is 8.02. The molecule has 0 fully saturated rings. The fraction of sp³-hybridized carbons (Fsp3) is 0.100. The minimum absolute atomic E-state index is 0.0178. The number of carbonyl (C=O) groups excluding carboxylic acids is 1. The standard InChI is InChI=1S/C10H8F2N4O3S2/c1-21(18,19)16-10-15-14-9(20-10)13-8(17)5-2-6(11)4-7(12)3-5/h2-4H,1H3,(H,15,16)(H,13,14,17). The molecule has 0 saturated heterocycles. The maximum absolute atomic E-state index is 13.0. The zero-order valence-corrected chi connectivity index (χ0v) is 12.1. The van der Waals surface area contributed by atoms with Gasteiger partial charge in [-0.2, -0.15) is 0 Å². The maximum Gasteiger partial charge on any atom is 0.257 e. The Balaban J connectivity index is 2.13. The van der Waals surface area contributed by atoms with Crippen LogP contribution in [0.5, 0.6) is 0 Å². The molecule has 0 atom stereocenters. The van der Waals surface area contributed by atoms with Gasteiger partial charge in [-0.3, -0.25) is 14.8 Å². The van der Waals surface area contributed by atoms with E-state index in [-0.39, 0.29) is 15.8 Å². The Morgan fingerprint density at radius 1 is 1.14 bits per heavy atom. The summed E-state index contributed by atoms with van der Waals surface area (Å²) in [6.07, 6.45) is 0.933. The molecule has 1 heterocycles. The highest BCUT2D eigenvalue weighted by molar-refractivity contribution is 7.92. The zero-order chi connectivity index (χ0) is 15.6. The Bertz CT molecular complexity index is 771. The van der Waals surface area contributed by atoms with Crippen LogP contribution in [0, 0.1) is 11.6 Å². The van der Waals surface area contributed by atoms with Gasteiger partial charge < -0.3 is 0 Å². The van der Waals surface area contributed by atoms with E-state index in [1.165, 1.54) is 0 Å². The molecule has 1 aromatic heterocycles. The molecule has 112 valence electrons. The number of sulfonamides is 1. The summed E-state index contributed by atoms with van der Waals surface area (Å²) in [5.41, 5.74) is -0.236. The zero-order valence-electron chi connectivity index (χ0n) is 10.4. The molecule has 0 aliphatic carbocycles. The molecular formula is C10H8F2N4O3S2. The van der Waals surface area contributed by atoms with Gasteiger partial charge in [0.2, 0.25) is 20.3 Å². The summed E-state index contributed by atoms with van der Waals surface area (Å²) in [5, 5.41) is 9.23. The Morgan fingerprint density at radius 3 is 2.29 bits per heavy atom. The second-order valence-corrected chi connectivity index (χ2v) is 6.62. The fourth-order valence-electron chi connectivity index (χ4n) is 1.33. The lowest BCUT2D eigenvalue weighted by Gasteiger charge is -2.01. The normalized spacial score (nSPS) is 11.2. The Kier molecular flexibility index (Phi) is 4.14. The number of benzene rings is 1. The van der Waals surface area contributed by atoms with Crippen LogP contribution in [0.1, 0.15) is 10.4 Å². The molecule has 21 heavy (non-hydrogen) atoms. The molecule has 0 aliphatic heterocycles. The van der Waals surface area contributed by atoms with Gasteiger partial charge in [-0.25, -0.2) is 17.2 Å². The highest BCUT2D eigenvalue weighted by Crippen LogP contribution is 2.21. The Morgan fingerprint density at radius 2 is 1.71 bits per heavy atom. The van der Waals surface area contributed by atoms with Gasteiger partial charge in [0.05, 0.1) is 6.26 Å². The SMILES string of the molecule is CS(=O)(=O)Nc1nnc(NC(=O)c2cc(F)cc(F)c2)s1. The van der Waals surface area contributed by atoms with E-state index in [0.717, 1.165) is 29.7 Å². The van der Waals surface area contributed by atoms with Crippen LogP contribution in [0.3, 0.4) is 0 Å². The van der Waals surface area contributed by atoms with Gasteiger partial charge in [-0.1, -0.05) is 11.3 Å². The third-order valence-electron chi connectivity index (χ3n) is 2.04. The summed E-state index contributed by atoms with van der Waals surface area (Å²) in [6.45, 7) is 0. The van der Waals surface area contributed by atoms with Crippen molar-refractivity contribution >= 4 is 37.5 Å². The smallest absolute Gasteiger partial charge is 0.257 e. The van der Waals surface area contributed by atoms with Crippen LogP contribution in [0.15, 0.2) is 18.2 Å². The molecule has 2 N–H and O–H groups in total. The first-order valence-electron chi connectivity index (χ1n) is 5.32. The predicted molar refractivity (Wildman–Crippen MR) is 72.7 cm³/mol. The van der Waals surface area contributed by atoms with E-state index in [9.17, 15) is 22.0 Å². The summed E-state index contributed by atoms with van der Waals surface area (Å²) in [5.74, 6) is -2.58. The fourth-order valence-corrected chi connectivity index (χ4v) is 2.80. The van der Waals surface area contributed by atoms with Crippen LogP contribution < -0.4 is 10.0 Å². The molecule has 0 spiro atoms. The van der Waals surface area contributed by atoms with Gasteiger partial charge in [0.1, 0.15) is 11.6 Å². The molecule has 7 nitrogen and oxygen atoms in total. The average molecular weight is 334 g/mol. The van der Waals surface area contributed by atoms with Crippen LogP contribution in [0.4, 0.5) is 19.0 Å². The summed E-state index contributed by atoms with van der Waals surface area (Å²) < 4.78 is 50.0. The second kappa shape index (κ2) is 5.69. The van der Waals surface area contributed by atoms with Crippen LogP contribution in [-0.4, -0.2) is 30.8 Å². The highest BCUT2D eigenvalue weighted by Gasteiger charge is 2.13. The third-order valence-corrected chi connectivity index (χ3v) is 3.49. The molecule has 11 heteroatoms. The Hall–Kier alpha value is -2.14. The lowest BCUT2D eigenvalue weighted by molar-refractivity contribution is 0.102. The first-order chi connectivity index (χ1) is 9.73. The van der Waals surface area contributed by atoms with Crippen molar-refractivity contribution in [2.45, 2.75) is 0 Å². The number of hydrogen-bond acceptors (Lipinski definition) is 6. The van der Waals surface area contributed by atoms with Crippen LogP contribution >= 0.6 is 11.3 Å². The van der Waals surface area contributed by atoms with Gasteiger partial charge in [-0.15, -0.1) is 10.2 Å². The first kappa shape index (κ1) is 15.3. The number of carbonyl (C=O) groups is 1. The van der Waals surface area contributed by atoms with Gasteiger partial charge in [0.15, 0.2) is 0 Å². The topological polar surface area (TPSA) is 101 Å². The van der Waals surface area contributed by atoms with Crippen LogP contribution in [-0.2, 0) is 10.0 Å². The van der Waals surface area contributed by atoms with E-state index in [4.69, 9.17) is 0 Å². The van der Waals surface area contributed by atoms with Crippen LogP contribution in [0.2, 0.25) is 0 Å². The second-order valence-electron chi connectivity index (χ2n) is 3.90. The number of nitrogens with zero attached hydrogens (tertiary/aromatic N) is 2. The number of halogens is 2. The molecule has 0 bridgehead atoms. The summed E-state index contributed by atoms with van der Waals surface area (Å²) in [4.78, 5) is 11.8. The van der Waals surface area contributed by atoms with Crippen molar-refractivity contribution in [1.82, 2.24) is 10.2 Å². The van der Waals surface area contributed by atoms with Gasteiger partial charge in [0.25, 0.3) is 5.91 Å². The monoisotopic (exact) mass is 334 g/mol. The van der Waals surface area contributed by atoms with Crippen molar-refractivity contribution < 1.29 is 22.0 Å². The van der Waals surface area contributed by atoms with E-state index < -0.39 is 27.6 Å². The van der Waals surface area contributed by atoms with E-state index in [1.54, 1.807) is 0 Å². The number of anilines is 2. The lowest BCUT2D eigenvalue weighted by atomic mass is 10.2. The largest absolute Gasteiger partial charge is 0.296 e. The van der Waals surface area contributed by atoms with Crippen molar-refractivity contribution in [1.29, 1.82) is 0 Å². The van der Waals surface area contributed by atoms with Crippen molar-refractivity contribution in [3.05, 3.63) is 35.4 Å². The van der Waals surface area contributed by atoms with Crippen LogP contribution in [0.25, 0.3) is 0 Å². The van der Waals surface area contributed by atoms with Crippen molar-refractivity contribution in [3.63, 3.8) is 0 Å². The van der Waals surface area contributed by atoms with Crippen molar-refractivity contribution in [2.75, 3.05) is 16.3 Å². The number of amides is 1. The van der Waals surface area contributed by atoms with Gasteiger partial charge in [-0.05, 0) is 12.1 Å². The minimum Gasteiger partial charge on any atom is -0.296 e. The maximum atomic E-state index is 13.0. The summed E-state index contributed by atoms with van der Waals surface area (Å²) in [7, 11) is -3.51. The molecule has 0 radical (unpaired) electrons. The molecule has 2 rings (SSSR count). The van der Waals surface area contributed by atoms with Gasteiger partial charge >= 0.3 is 0 Å². The molecule has 1 amide bonds. The number of nitrogens with one attached hydrogen (secondary N) is 2. The quantitative estimate of drug-likeness (QED) is 0.881. The van der Waals surface area contributed by atoms with E-state index >= 15 is 0 Å². The van der Waals surface area contributed by atoms with E-state index in [0.29, 0.717) is 6.07 Å². The van der Waals surface area contributed by atoms with E-state index in [1.807, 2.05) is 0 Å². The lowest BCUT2D eigenvalue weighted by Crippen LogP contribution is -2.12. The molecule has 1 aromatic carbocycles. The molecule has 0 unspecified atom stereocenters. The van der Waals surface area contributed by atoms with Crippen molar-refractivity contribution in [3.8, 4) is 0 Å². The summed E-state index contributed by atoms with van der Waals surface area (Å²) >= 11 is 0.759. The minimum atomic E-state index is -3.51. The third kappa shape index (κ3) is 4.43. The molecule has 2 aromatic rings. The number of rotatable bonds is 4. The van der Waals surface area contributed by atoms with Crippen molar-refractivity contribution in [2.24, 2.45) is 0 Å². The Labute approximate surface area is 122 Å². The number of aromatic nitrogens is 2. The average Bonchev–Trinajstić information content (AvgIpc) is 2.72. The van der Waals surface area contributed by atoms with Gasteiger partial charge in [0, 0.05) is 11.6 Å². The summed E-state index contributed by atoms with van der Waals surface area (Å²) in [6, 6.07) is 2.35. The number of hydrogen-bond donors (Lipinski definition) is 2. The van der Waals surface area contributed by atoms with E-state index in [2.05, 4.69) is 20.2 Å². The predicted octanol–water partition coefficient (Wildman–Crippen LogP) is 1.44. The molecule has 0 saturated carbocycles. The highest BCUT2D eigenvalue weighted by atomic mass is 32.2.